The molecular weight excluding hydrogens is 179 g/mol. The highest BCUT2D eigenvalue weighted by atomic mass is 19.4. The van der Waals surface area contributed by atoms with Crippen LogP contribution in [-0.4, -0.2) is 18.1 Å². The molecule has 0 amide bonds. The first-order chi connectivity index (χ1) is 5.38. The van der Waals surface area contributed by atoms with E-state index in [0.29, 0.717) is 0 Å². The van der Waals surface area contributed by atoms with Crippen LogP contribution in [0.2, 0.25) is 0 Å². The van der Waals surface area contributed by atoms with Gasteiger partial charge in [-0.25, -0.2) is 4.79 Å². The summed E-state index contributed by atoms with van der Waals surface area (Å²) in [5.74, 6) is -4.12. The van der Waals surface area contributed by atoms with Crippen molar-refractivity contribution < 1.29 is 27.5 Å². The van der Waals surface area contributed by atoms with Gasteiger partial charge in [0.1, 0.15) is 6.42 Å². The van der Waals surface area contributed by atoms with Gasteiger partial charge in [-0.1, -0.05) is 0 Å². The Morgan fingerprint density at radius 1 is 1.42 bits per heavy atom. The quantitative estimate of drug-likeness (QED) is 0.437. The predicted molar refractivity (Wildman–Crippen MR) is 27.4 cm³/mol. The smallest absolute Gasteiger partial charge is 0.386 e. The Morgan fingerprint density at radius 2 is 1.92 bits per heavy atom. The van der Waals surface area contributed by atoms with Gasteiger partial charge in [0.2, 0.25) is 0 Å². The number of halogens is 3. The van der Waals surface area contributed by atoms with Gasteiger partial charge in [-0.15, -0.1) is 0 Å². The Balaban J connectivity index is 4.05. The minimum atomic E-state index is -5.20. The molecule has 0 unspecified atom stereocenters. The fraction of sp³-hybridized carbons (Fsp3) is 0.400. The largest absolute Gasteiger partial charge is 0.491 e. The Hall–Kier alpha value is -1.58. The van der Waals surface area contributed by atoms with E-state index >= 15 is 0 Å². The second kappa shape index (κ2) is 3.71. The van der Waals surface area contributed by atoms with E-state index in [9.17, 15) is 22.8 Å². The molecule has 0 atom stereocenters. The summed E-state index contributed by atoms with van der Waals surface area (Å²) in [5, 5.41) is 7.81. The van der Waals surface area contributed by atoms with Crippen molar-refractivity contribution in [2.24, 2.45) is 0 Å². The number of hydrogen-bond donors (Lipinski definition) is 0. The number of nitrogens with zero attached hydrogens (tertiary/aromatic N) is 1. The van der Waals surface area contributed by atoms with Crippen molar-refractivity contribution in [3.8, 4) is 6.07 Å². The summed E-state index contributed by atoms with van der Waals surface area (Å²) in [6.45, 7) is 0. The van der Waals surface area contributed by atoms with Crippen LogP contribution in [0.5, 0.6) is 0 Å². The zero-order valence-electron chi connectivity index (χ0n) is 5.51. The molecule has 0 aliphatic heterocycles. The van der Waals surface area contributed by atoms with E-state index in [4.69, 9.17) is 5.26 Å². The zero-order chi connectivity index (χ0) is 9.78. The molecule has 0 aromatic carbocycles. The van der Waals surface area contributed by atoms with Crippen molar-refractivity contribution in [1.82, 2.24) is 0 Å². The second-order valence-electron chi connectivity index (χ2n) is 1.59. The Kier molecular flexibility index (Phi) is 3.22. The van der Waals surface area contributed by atoms with Crippen molar-refractivity contribution in [2.75, 3.05) is 0 Å². The van der Waals surface area contributed by atoms with Crippen molar-refractivity contribution >= 4 is 11.9 Å². The SMILES string of the molecule is N#CCC(=O)OC(=O)C(F)(F)F. The summed E-state index contributed by atoms with van der Waals surface area (Å²) in [7, 11) is 0. The number of nitriles is 1. The third-order valence-corrected chi connectivity index (χ3v) is 0.661. The molecule has 0 spiro atoms. The van der Waals surface area contributed by atoms with Crippen molar-refractivity contribution in [3.63, 3.8) is 0 Å². The number of esters is 2. The van der Waals surface area contributed by atoms with Gasteiger partial charge >= 0.3 is 18.1 Å². The Labute approximate surface area is 64.5 Å². The molecule has 0 aliphatic rings. The average Bonchev–Trinajstić information content (AvgIpc) is 1.85. The summed E-state index contributed by atoms with van der Waals surface area (Å²) in [6.07, 6.45) is -6.09. The van der Waals surface area contributed by atoms with Gasteiger partial charge in [0.05, 0.1) is 6.07 Å². The lowest BCUT2D eigenvalue weighted by Crippen LogP contribution is -2.27. The van der Waals surface area contributed by atoms with Crippen LogP contribution in [0.1, 0.15) is 6.42 Å². The van der Waals surface area contributed by atoms with Crippen molar-refractivity contribution in [2.45, 2.75) is 12.6 Å². The number of alkyl halides is 3. The van der Waals surface area contributed by atoms with Crippen molar-refractivity contribution in [3.05, 3.63) is 0 Å². The molecule has 12 heavy (non-hydrogen) atoms. The van der Waals surface area contributed by atoms with Crippen LogP contribution in [0, 0.1) is 11.3 Å². The fourth-order valence-electron chi connectivity index (χ4n) is 0.262. The first-order valence-corrected chi connectivity index (χ1v) is 2.56. The highest BCUT2D eigenvalue weighted by Gasteiger charge is 2.42. The van der Waals surface area contributed by atoms with Gasteiger partial charge < -0.3 is 4.74 Å². The van der Waals surface area contributed by atoms with Crippen molar-refractivity contribution in [1.29, 1.82) is 5.26 Å². The van der Waals surface area contributed by atoms with Gasteiger partial charge in [0.25, 0.3) is 0 Å². The van der Waals surface area contributed by atoms with Crippen LogP contribution < -0.4 is 0 Å². The lowest BCUT2D eigenvalue weighted by molar-refractivity contribution is -0.201. The summed E-state index contributed by atoms with van der Waals surface area (Å²) >= 11 is 0. The van der Waals surface area contributed by atoms with Gasteiger partial charge in [-0.2, -0.15) is 18.4 Å². The van der Waals surface area contributed by atoms with Crippen LogP contribution in [-0.2, 0) is 14.3 Å². The van der Waals surface area contributed by atoms with E-state index < -0.39 is 24.5 Å². The third kappa shape index (κ3) is 3.55. The topological polar surface area (TPSA) is 67.2 Å². The number of carbonyl (C=O) groups is 2. The second-order valence-corrected chi connectivity index (χ2v) is 1.59. The molecule has 0 saturated heterocycles. The first kappa shape index (κ1) is 10.4. The maximum atomic E-state index is 11.3. The lowest BCUT2D eigenvalue weighted by Gasteiger charge is -2.02. The summed E-state index contributed by atoms with van der Waals surface area (Å²) in [5.41, 5.74) is 0. The van der Waals surface area contributed by atoms with Crippen LogP contribution >= 0.6 is 0 Å². The Bertz CT molecular complexity index is 239. The van der Waals surface area contributed by atoms with Crippen LogP contribution in [0.3, 0.4) is 0 Å². The summed E-state index contributed by atoms with van der Waals surface area (Å²) < 4.78 is 37.3. The van der Waals surface area contributed by atoms with E-state index in [-0.39, 0.29) is 0 Å². The highest BCUT2D eigenvalue weighted by molar-refractivity contribution is 5.89. The number of hydrogen-bond acceptors (Lipinski definition) is 4. The Morgan fingerprint density at radius 3 is 2.25 bits per heavy atom. The fourth-order valence-corrected chi connectivity index (χ4v) is 0.262. The van der Waals surface area contributed by atoms with Gasteiger partial charge in [0.15, 0.2) is 0 Å². The molecule has 66 valence electrons. The van der Waals surface area contributed by atoms with E-state index in [0.717, 1.165) is 0 Å². The molecule has 0 aliphatic carbocycles. The maximum absolute atomic E-state index is 11.3. The van der Waals surface area contributed by atoms with E-state index in [1.807, 2.05) is 0 Å². The molecule has 0 saturated carbocycles. The van der Waals surface area contributed by atoms with Crippen LogP contribution in [0.4, 0.5) is 13.2 Å². The van der Waals surface area contributed by atoms with Gasteiger partial charge in [0, 0.05) is 0 Å². The predicted octanol–water partition coefficient (Wildman–Crippen LogP) is 0.532. The van der Waals surface area contributed by atoms with Gasteiger partial charge in [-0.05, 0) is 0 Å². The monoisotopic (exact) mass is 181 g/mol. The molecule has 7 heteroatoms. The molecule has 0 aromatic rings. The van der Waals surface area contributed by atoms with Gasteiger partial charge in [-0.3, -0.25) is 4.79 Å². The molecule has 0 aromatic heterocycles. The molecule has 0 N–H and O–H groups in total. The normalized spacial score (nSPS) is 10.2. The molecule has 0 bridgehead atoms. The van der Waals surface area contributed by atoms with Crippen LogP contribution in [0.25, 0.3) is 0 Å². The third-order valence-electron chi connectivity index (χ3n) is 0.661. The first-order valence-electron chi connectivity index (χ1n) is 2.56. The number of ether oxygens (including phenoxy) is 1. The molecule has 0 rings (SSSR count). The van der Waals surface area contributed by atoms with E-state index in [1.165, 1.54) is 6.07 Å². The summed E-state index contributed by atoms with van der Waals surface area (Å²) in [6, 6.07) is 1.23. The molecule has 0 fully saturated rings. The number of carbonyl (C=O) groups excluding carboxylic acids is 2. The number of rotatable bonds is 1. The van der Waals surface area contributed by atoms with Crippen LogP contribution in [0.15, 0.2) is 0 Å². The van der Waals surface area contributed by atoms with E-state index in [1.54, 1.807) is 0 Å². The molecule has 0 heterocycles. The minimum absolute atomic E-state index is 0.887. The lowest BCUT2D eigenvalue weighted by atomic mass is 10.5. The molecular formula is C5H2F3NO3. The molecule has 0 radical (unpaired) electrons. The highest BCUT2D eigenvalue weighted by Crippen LogP contribution is 2.16. The maximum Gasteiger partial charge on any atom is 0.491 e. The van der Waals surface area contributed by atoms with E-state index in [2.05, 4.69) is 4.74 Å². The average molecular weight is 181 g/mol. The zero-order valence-corrected chi connectivity index (χ0v) is 5.51. The standard InChI is InChI=1S/C5H2F3NO3/c6-5(7,8)4(11)12-3(10)1-2-9/h1H2. The molecule has 4 nitrogen and oxygen atoms in total. The minimum Gasteiger partial charge on any atom is -0.386 e. The summed E-state index contributed by atoms with van der Waals surface area (Å²) in [4.78, 5) is 20.0.